The first kappa shape index (κ1) is 22.1. The maximum absolute atomic E-state index is 10.9. The number of hydrogen-bond donors (Lipinski definition) is 3. The lowest BCUT2D eigenvalue weighted by molar-refractivity contribution is -0.926. The summed E-state index contributed by atoms with van der Waals surface area (Å²) in [5.41, 5.74) is 0. The molecule has 3 N–H and O–H groups in total. The molecular weight excluding hydrogens is 314 g/mol. The van der Waals surface area contributed by atoms with Crippen molar-refractivity contribution >= 4 is 17.9 Å². The smallest absolute Gasteiger partial charge is 0.309 e. The Kier molecular flexibility index (Phi) is 11.5. The number of quaternary nitrogens is 1. The molecule has 0 radical (unpaired) electrons. The average molecular weight is 344 g/mol. The van der Waals surface area contributed by atoms with Gasteiger partial charge in [-0.15, -0.1) is 0 Å². The molecule has 0 aromatic rings. The van der Waals surface area contributed by atoms with E-state index in [1.54, 1.807) is 0 Å². The van der Waals surface area contributed by atoms with Crippen molar-refractivity contribution in [1.82, 2.24) is 0 Å². The Morgan fingerprint density at radius 3 is 1.54 bits per heavy atom. The van der Waals surface area contributed by atoms with Crippen LogP contribution in [-0.4, -0.2) is 63.9 Å². The summed E-state index contributed by atoms with van der Waals surface area (Å²) in [6, 6.07) is 0. The zero-order valence-electron chi connectivity index (χ0n) is 14.4. The van der Waals surface area contributed by atoms with Gasteiger partial charge in [-0.2, -0.15) is 0 Å². The van der Waals surface area contributed by atoms with E-state index in [9.17, 15) is 14.4 Å². The fourth-order valence-corrected chi connectivity index (χ4v) is 2.58. The molecule has 0 atom stereocenters. The molecule has 0 unspecified atom stereocenters. The fraction of sp³-hybridized carbons (Fsp3) is 0.706. The van der Waals surface area contributed by atoms with E-state index in [0.29, 0.717) is 13.0 Å². The van der Waals surface area contributed by atoms with Crippen LogP contribution in [0.15, 0.2) is 12.2 Å². The lowest BCUT2D eigenvalue weighted by Gasteiger charge is -2.37. The molecule has 0 saturated carbocycles. The molecular formula is C17H30NO6+. The SMILES string of the molecule is CCCC/C=C/CC[N+](CCC(=O)O)(CCC(=O)O)CCC(=O)O. The van der Waals surface area contributed by atoms with Gasteiger partial charge in [0.2, 0.25) is 0 Å². The van der Waals surface area contributed by atoms with Gasteiger partial charge in [-0.05, 0) is 6.42 Å². The van der Waals surface area contributed by atoms with Gasteiger partial charge >= 0.3 is 17.9 Å². The van der Waals surface area contributed by atoms with Crippen molar-refractivity contribution in [3.63, 3.8) is 0 Å². The Morgan fingerprint density at radius 2 is 1.17 bits per heavy atom. The van der Waals surface area contributed by atoms with Gasteiger partial charge in [-0.25, -0.2) is 0 Å². The normalized spacial score (nSPS) is 11.7. The second kappa shape index (κ2) is 12.5. The molecule has 0 amide bonds. The summed E-state index contributed by atoms with van der Waals surface area (Å²) in [7, 11) is 0. The summed E-state index contributed by atoms with van der Waals surface area (Å²) in [6.07, 6.45) is 7.68. The topological polar surface area (TPSA) is 112 Å². The van der Waals surface area contributed by atoms with Gasteiger partial charge in [0.05, 0.1) is 45.4 Å². The van der Waals surface area contributed by atoms with Crippen LogP contribution in [0.2, 0.25) is 0 Å². The predicted octanol–water partition coefficient (Wildman–Crippen LogP) is 2.36. The predicted molar refractivity (Wildman–Crippen MR) is 89.8 cm³/mol. The third-order valence-corrected chi connectivity index (χ3v) is 4.06. The third kappa shape index (κ3) is 11.6. The first-order valence-corrected chi connectivity index (χ1v) is 8.47. The van der Waals surface area contributed by atoms with Crippen molar-refractivity contribution in [2.75, 3.05) is 26.2 Å². The zero-order valence-corrected chi connectivity index (χ0v) is 14.4. The first-order valence-electron chi connectivity index (χ1n) is 8.47. The quantitative estimate of drug-likeness (QED) is 0.239. The highest BCUT2D eigenvalue weighted by molar-refractivity contribution is 5.67. The Balaban J connectivity index is 4.90. The van der Waals surface area contributed by atoms with E-state index in [-0.39, 0.29) is 43.4 Å². The van der Waals surface area contributed by atoms with Gasteiger partial charge in [0.15, 0.2) is 0 Å². The third-order valence-electron chi connectivity index (χ3n) is 4.06. The van der Waals surface area contributed by atoms with E-state index < -0.39 is 17.9 Å². The van der Waals surface area contributed by atoms with Crippen LogP contribution in [0.4, 0.5) is 0 Å². The zero-order chi connectivity index (χ0) is 18.4. The minimum absolute atomic E-state index is 0.0984. The molecule has 7 nitrogen and oxygen atoms in total. The van der Waals surface area contributed by atoms with Crippen LogP contribution < -0.4 is 0 Å². The van der Waals surface area contributed by atoms with E-state index in [2.05, 4.69) is 13.0 Å². The van der Waals surface area contributed by atoms with Crippen molar-refractivity contribution in [3.8, 4) is 0 Å². The van der Waals surface area contributed by atoms with Gasteiger partial charge in [0.1, 0.15) is 0 Å². The second-order valence-corrected chi connectivity index (χ2v) is 6.07. The fourth-order valence-electron chi connectivity index (χ4n) is 2.58. The number of carboxylic acid groups (broad SMARTS) is 3. The molecule has 0 bridgehead atoms. The van der Waals surface area contributed by atoms with Crippen LogP contribution in [0.3, 0.4) is 0 Å². The molecule has 0 saturated heterocycles. The highest BCUT2D eigenvalue weighted by Gasteiger charge is 2.29. The molecule has 0 aromatic carbocycles. The number of aliphatic carboxylic acids is 3. The Morgan fingerprint density at radius 1 is 0.750 bits per heavy atom. The highest BCUT2D eigenvalue weighted by atomic mass is 16.4. The van der Waals surface area contributed by atoms with Crippen LogP contribution in [0.1, 0.15) is 51.9 Å². The number of nitrogens with zero attached hydrogens (tertiary/aromatic N) is 1. The number of carbonyl (C=O) groups is 3. The standard InChI is InChI=1S/C17H29NO6/c1-2-3-4-5-6-7-11-18(12-8-15(19)20,13-9-16(21)22)14-10-17(23)24/h5-6H,2-4,7-14H2,1H3,(H2-,19,20,21,22,23,24)/p+1/b6-5+. The van der Waals surface area contributed by atoms with E-state index >= 15 is 0 Å². The largest absolute Gasteiger partial charge is 0.481 e. The van der Waals surface area contributed by atoms with Gasteiger partial charge in [-0.3, -0.25) is 14.4 Å². The Bertz CT molecular complexity index is 387. The minimum atomic E-state index is -0.957. The number of unbranched alkanes of at least 4 members (excludes halogenated alkanes) is 2. The summed E-state index contributed by atoms with van der Waals surface area (Å²) in [4.78, 5) is 32.7. The Labute approximate surface area is 143 Å². The van der Waals surface area contributed by atoms with Crippen LogP contribution in [0.5, 0.6) is 0 Å². The maximum atomic E-state index is 10.9. The number of allylic oxidation sites excluding steroid dienone is 1. The highest BCUT2D eigenvalue weighted by Crippen LogP contribution is 2.14. The molecule has 24 heavy (non-hydrogen) atoms. The second-order valence-electron chi connectivity index (χ2n) is 6.07. The van der Waals surface area contributed by atoms with Crippen molar-refractivity contribution in [2.45, 2.75) is 51.9 Å². The average Bonchev–Trinajstić information content (AvgIpc) is 2.51. The Hall–Kier alpha value is -1.89. The van der Waals surface area contributed by atoms with E-state index in [0.717, 1.165) is 19.3 Å². The molecule has 7 heteroatoms. The summed E-state index contributed by atoms with van der Waals surface area (Å²) in [5.74, 6) is -2.87. The van der Waals surface area contributed by atoms with Gasteiger partial charge < -0.3 is 19.8 Å². The molecule has 0 aliphatic heterocycles. The maximum Gasteiger partial charge on any atom is 0.309 e. The number of hydrogen-bond acceptors (Lipinski definition) is 3. The van der Waals surface area contributed by atoms with Crippen LogP contribution in [0, 0.1) is 0 Å². The lowest BCUT2D eigenvalue weighted by Crippen LogP contribution is -2.52. The first-order chi connectivity index (χ1) is 11.3. The number of rotatable bonds is 15. The minimum Gasteiger partial charge on any atom is -0.481 e. The monoisotopic (exact) mass is 344 g/mol. The van der Waals surface area contributed by atoms with Crippen LogP contribution in [0.25, 0.3) is 0 Å². The van der Waals surface area contributed by atoms with E-state index in [4.69, 9.17) is 15.3 Å². The van der Waals surface area contributed by atoms with Crippen molar-refractivity contribution in [3.05, 3.63) is 12.2 Å². The van der Waals surface area contributed by atoms with Gasteiger partial charge in [0, 0.05) is 6.42 Å². The summed E-state index contributed by atoms with van der Waals surface area (Å²) < 4.78 is 0.211. The number of carboxylic acids is 3. The summed E-state index contributed by atoms with van der Waals surface area (Å²) in [5, 5.41) is 26.8. The summed E-state index contributed by atoms with van der Waals surface area (Å²) >= 11 is 0. The van der Waals surface area contributed by atoms with Crippen molar-refractivity contribution in [2.24, 2.45) is 0 Å². The van der Waals surface area contributed by atoms with E-state index in [1.807, 2.05) is 6.08 Å². The lowest BCUT2D eigenvalue weighted by atomic mass is 10.1. The molecule has 0 aliphatic carbocycles. The molecule has 0 rings (SSSR count). The van der Waals surface area contributed by atoms with Crippen molar-refractivity contribution in [1.29, 1.82) is 0 Å². The molecule has 0 fully saturated rings. The molecule has 0 spiro atoms. The van der Waals surface area contributed by atoms with Gasteiger partial charge in [0.25, 0.3) is 0 Å². The summed E-state index contributed by atoms with van der Waals surface area (Å²) in [6.45, 7) is 3.41. The van der Waals surface area contributed by atoms with Crippen LogP contribution in [-0.2, 0) is 14.4 Å². The van der Waals surface area contributed by atoms with E-state index in [1.165, 1.54) is 0 Å². The molecule has 0 aromatic heterocycles. The van der Waals surface area contributed by atoms with Crippen LogP contribution >= 0.6 is 0 Å². The van der Waals surface area contributed by atoms with Crippen molar-refractivity contribution < 1.29 is 34.2 Å². The molecule has 0 heterocycles. The molecule has 138 valence electrons. The van der Waals surface area contributed by atoms with Gasteiger partial charge in [-0.1, -0.05) is 31.9 Å². The molecule has 0 aliphatic rings.